The van der Waals surface area contributed by atoms with Crippen LogP contribution in [0.15, 0.2) is 0 Å². The Labute approximate surface area is 121 Å². The van der Waals surface area contributed by atoms with Crippen LogP contribution < -0.4 is 0 Å². The lowest BCUT2D eigenvalue weighted by Crippen LogP contribution is -2.57. The Morgan fingerprint density at radius 2 is 1.60 bits per heavy atom. The van der Waals surface area contributed by atoms with E-state index in [1.165, 1.54) is 0 Å². The Balaban J connectivity index is 1.97. The van der Waals surface area contributed by atoms with Gasteiger partial charge < -0.3 is 24.4 Å². The van der Waals surface area contributed by atoms with E-state index in [0.717, 1.165) is 6.42 Å². The molecule has 2 N–H and O–H groups in total. The minimum atomic E-state index is -0.950. The molecule has 20 heavy (non-hydrogen) atoms. The fraction of sp³-hybridized carbons (Fsp3) is 1.00. The van der Waals surface area contributed by atoms with Crippen molar-refractivity contribution in [1.82, 2.24) is 0 Å². The van der Waals surface area contributed by atoms with Crippen molar-refractivity contribution < 1.29 is 24.4 Å². The van der Waals surface area contributed by atoms with Gasteiger partial charge in [0.2, 0.25) is 0 Å². The van der Waals surface area contributed by atoms with Crippen LogP contribution in [0.25, 0.3) is 0 Å². The Morgan fingerprint density at radius 1 is 1.05 bits per heavy atom. The monoisotopic (exact) mass is 288 g/mol. The van der Waals surface area contributed by atoms with E-state index in [4.69, 9.17) is 14.2 Å². The molecule has 0 aliphatic carbocycles. The Kier molecular flexibility index (Phi) is 4.22. The Hall–Kier alpha value is -0.200. The molecule has 2 fully saturated rings. The standard InChI is InChI=1S/C15H28O5/c1-13(2,3)7-14(4,5)12-18-8-15(9-19-12)11(17)10(16)6-20-15/h10-12,16-17H,6-9H2,1-5H3/t10-,11?,12?,15?/m1/s1. The van der Waals surface area contributed by atoms with Crippen molar-refractivity contribution in [1.29, 1.82) is 0 Å². The fourth-order valence-electron chi connectivity index (χ4n) is 3.46. The molecule has 0 saturated carbocycles. The van der Waals surface area contributed by atoms with Gasteiger partial charge in [-0.25, -0.2) is 0 Å². The van der Waals surface area contributed by atoms with Crippen molar-refractivity contribution in [3.05, 3.63) is 0 Å². The highest BCUT2D eigenvalue weighted by Gasteiger charge is 2.53. The SMILES string of the molecule is CC(C)(C)CC(C)(C)C1OCC2(CO1)OC[C@@H](O)C2O. The van der Waals surface area contributed by atoms with E-state index in [0.29, 0.717) is 0 Å². The lowest BCUT2D eigenvalue weighted by Gasteiger charge is -2.45. The average molecular weight is 288 g/mol. The molecule has 0 aromatic heterocycles. The van der Waals surface area contributed by atoms with Gasteiger partial charge >= 0.3 is 0 Å². The molecule has 2 atom stereocenters. The first-order valence-electron chi connectivity index (χ1n) is 7.29. The maximum absolute atomic E-state index is 10.0. The average Bonchev–Trinajstić information content (AvgIpc) is 2.56. The summed E-state index contributed by atoms with van der Waals surface area (Å²) in [5, 5.41) is 19.6. The summed E-state index contributed by atoms with van der Waals surface area (Å²) in [7, 11) is 0. The summed E-state index contributed by atoms with van der Waals surface area (Å²) in [4.78, 5) is 0. The maximum Gasteiger partial charge on any atom is 0.162 e. The molecule has 0 bridgehead atoms. The van der Waals surface area contributed by atoms with Crippen LogP contribution in [0.3, 0.4) is 0 Å². The van der Waals surface area contributed by atoms with Gasteiger partial charge in [0.1, 0.15) is 17.8 Å². The Morgan fingerprint density at radius 3 is 2.00 bits per heavy atom. The first-order valence-corrected chi connectivity index (χ1v) is 7.29. The summed E-state index contributed by atoms with van der Waals surface area (Å²) in [5.74, 6) is 0. The molecule has 2 heterocycles. The second kappa shape index (κ2) is 5.21. The highest BCUT2D eigenvalue weighted by atomic mass is 16.7. The zero-order valence-electron chi connectivity index (χ0n) is 13.2. The normalized spacial score (nSPS) is 39.5. The maximum atomic E-state index is 10.0. The molecule has 0 amide bonds. The van der Waals surface area contributed by atoms with Crippen LogP contribution in [0.1, 0.15) is 41.0 Å². The van der Waals surface area contributed by atoms with E-state index >= 15 is 0 Å². The lowest BCUT2D eigenvalue weighted by molar-refractivity contribution is -0.301. The molecule has 1 unspecified atom stereocenters. The van der Waals surface area contributed by atoms with Gasteiger partial charge in [0.05, 0.1) is 19.8 Å². The predicted octanol–water partition coefficient (Wildman–Crippen LogP) is 1.31. The quantitative estimate of drug-likeness (QED) is 0.802. The molecule has 118 valence electrons. The zero-order valence-corrected chi connectivity index (χ0v) is 13.2. The van der Waals surface area contributed by atoms with Gasteiger partial charge in [0.15, 0.2) is 6.29 Å². The number of aliphatic hydroxyl groups is 2. The molecule has 2 saturated heterocycles. The number of ether oxygens (including phenoxy) is 3. The second-order valence-electron chi connectivity index (χ2n) is 8.07. The van der Waals surface area contributed by atoms with Gasteiger partial charge in [-0.3, -0.25) is 0 Å². The van der Waals surface area contributed by atoms with Gasteiger partial charge in [-0.2, -0.15) is 0 Å². The first kappa shape index (κ1) is 16.2. The van der Waals surface area contributed by atoms with Crippen LogP contribution >= 0.6 is 0 Å². The Bertz CT molecular complexity index is 339. The molecule has 5 heteroatoms. The summed E-state index contributed by atoms with van der Waals surface area (Å²) in [6.45, 7) is 11.5. The number of hydrogen-bond donors (Lipinski definition) is 2. The molecule has 0 aromatic rings. The number of rotatable bonds is 2. The third kappa shape index (κ3) is 3.17. The van der Waals surface area contributed by atoms with Crippen LogP contribution in [0.2, 0.25) is 0 Å². The van der Waals surface area contributed by atoms with Crippen molar-refractivity contribution in [2.75, 3.05) is 19.8 Å². The molecule has 2 rings (SSSR count). The van der Waals surface area contributed by atoms with Gasteiger partial charge in [-0.05, 0) is 11.8 Å². The smallest absolute Gasteiger partial charge is 0.162 e. The van der Waals surface area contributed by atoms with Crippen molar-refractivity contribution in [3.8, 4) is 0 Å². The minimum Gasteiger partial charge on any atom is -0.388 e. The van der Waals surface area contributed by atoms with E-state index in [2.05, 4.69) is 34.6 Å². The molecule has 2 aliphatic heterocycles. The van der Waals surface area contributed by atoms with Crippen LogP contribution in [0, 0.1) is 10.8 Å². The molecule has 1 spiro atoms. The fourth-order valence-corrected chi connectivity index (χ4v) is 3.46. The zero-order chi connectivity index (χ0) is 15.2. The van der Waals surface area contributed by atoms with Crippen molar-refractivity contribution in [3.63, 3.8) is 0 Å². The van der Waals surface area contributed by atoms with E-state index in [9.17, 15) is 10.2 Å². The van der Waals surface area contributed by atoms with Crippen molar-refractivity contribution in [2.45, 2.75) is 65.1 Å². The minimum absolute atomic E-state index is 0.123. The highest BCUT2D eigenvalue weighted by Crippen LogP contribution is 2.41. The molecule has 0 radical (unpaired) electrons. The topological polar surface area (TPSA) is 68.2 Å². The van der Waals surface area contributed by atoms with Crippen LogP contribution in [-0.2, 0) is 14.2 Å². The predicted molar refractivity (Wildman–Crippen MR) is 74.2 cm³/mol. The molecule has 0 aromatic carbocycles. The molecule has 2 aliphatic rings. The summed E-state index contributed by atoms with van der Waals surface area (Å²) >= 11 is 0. The van der Waals surface area contributed by atoms with Gasteiger partial charge in [0, 0.05) is 5.41 Å². The molecule has 5 nitrogen and oxygen atoms in total. The summed E-state index contributed by atoms with van der Waals surface area (Å²) in [5.41, 5.74) is -0.847. The summed E-state index contributed by atoms with van der Waals surface area (Å²) in [6.07, 6.45) is -1.17. The third-order valence-electron chi connectivity index (χ3n) is 4.03. The van der Waals surface area contributed by atoms with Crippen LogP contribution in [0.5, 0.6) is 0 Å². The third-order valence-corrected chi connectivity index (χ3v) is 4.03. The van der Waals surface area contributed by atoms with Gasteiger partial charge in [-0.15, -0.1) is 0 Å². The highest BCUT2D eigenvalue weighted by molar-refractivity contribution is 5.00. The lowest BCUT2D eigenvalue weighted by atomic mass is 9.75. The summed E-state index contributed by atoms with van der Waals surface area (Å²) in [6, 6.07) is 0. The van der Waals surface area contributed by atoms with E-state index in [1.54, 1.807) is 0 Å². The van der Waals surface area contributed by atoms with Gasteiger partial charge in [0.25, 0.3) is 0 Å². The van der Waals surface area contributed by atoms with Crippen molar-refractivity contribution >= 4 is 0 Å². The first-order chi connectivity index (χ1) is 9.06. The van der Waals surface area contributed by atoms with Crippen LogP contribution in [-0.4, -0.2) is 54.1 Å². The summed E-state index contributed by atoms with van der Waals surface area (Å²) < 4.78 is 17.2. The van der Waals surface area contributed by atoms with Gasteiger partial charge in [-0.1, -0.05) is 34.6 Å². The largest absolute Gasteiger partial charge is 0.388 e. The molecular weight excluding hydrogens is 260 g/mol. The van der Waals surface area contributed by atoms with Crippen LogP contribution in [0.4, 0.5) is 0 Å². The number of aliphatic hydroxyl groups excluding tert-OH is 2. The van der Waals surface area contributed by atoms with E-state index < -0.39 is 17.8 Å². The molecular formula is C15H28O5. The number of hydrogen-bond acceptors (Lipinski definition) is 5. The van der Waals surface area contributed by atoms with Crippen molar-refractivity contribution in [2.24, 2.45) is 10.8 Å². The second-order valence-corrected chi connectivity index (χ2v) is 8.07. The van der Waals surface area contributed by atoms with E-state index in [1.807, 2.05) is 0 Å². The van der Waals surface area contributed by atoms with E-state index in [-0.39, 0.29) is 36.9 Å².